The molecule has 1 heterocycles. The molecule has 4 rings (SSSR count). The lowest BCUT2D eigenvalue weighted by molar-refractivity contribution is 0.0765. The van der Waals surface area contributed by atoms with Crippen LogP contribution in [-0.2, 0) is 24.6 Å². The number of aromatic nitrogens is 1. The Balaban J connectivity index is 1.42. The van der Waals surface area contributed by atoms with Gasteiger partial charge in [-0.25, -0.2) is 0 Å². The van der Waals surface area contributed by atoms with Crippen LogP contribution in [0.3, 0.4) is 0 Å². The first kappa shape index (κ1) is 22.5. The number of nitrogens with one attached hydrogen (secondary N) is 1. The van der Waals surface area contributed by atoms with Gasteiger partial charge in [0, 0.05) is 25.0 Å². The summed E-state index contributed by atoms with van der Waals surface area (Å²) in [7, 11) is 1.88. The molecule has 1 unspecified atom stereocenters. The third-order valence-corrected chi connectivity index (χ3v) is 7.66. The number of pyridine rings is 1. The van der Waals surface area contributed by atoms with Crippen LogP contribution in [0, 0.1) is 11.8 Å². The predicted octanol–water partition coefficient (Wildman–Crippen LogP) is 5.18. The molecule has 0 spiro atoms. The number of aryl methyl sites for hydroxylation is 1. The molecule has 1 atom stereocenters. The normalized spacial score (nSPS) is 22.2. The highest BCUT2D eigenvalue weighted by molar-refractivity contribution is 7.99. The fraction of sp³-hybridized carbons (Fsp3) is 0.577. The van der Waals surface area contributed by atoms with E-state index in [0.29, 0.717) is 17.9 Å². The van der Waals surface area contributed by atoms with Gasteiger partial charge in [0.15, 0.2) is 0 Å². The molecule has 4 nitrogen and oxygen atoms in total. The average Bonchev–Trinajstić information content (AvgIpc) is 3.65. The molecule has 3 aliphatic carbocycles. The maximum absolute atomic E-state index is 12.6. The van der Waals surface area contributed by atoms with Gasteiger partial charge in [0.1, 0.15) is 0 Å². The Morgan fingerprint density at radius 2 is 2.16 bits per heavy atom. The lowest BCUT2D eigenvalue weighted by Crippen LogP contribution is -2.26. The fourth-order valence-corrected chi connectivity index (χ4v) is 5.03. The van der Waals surface area contributed by atoms with Gasteiger partial charge >= 0.3 is 0 Å². The zero-order valence-electron chi connectivity index (χ0n) is 19.3. The highest BCUT2D eigenvalue weighted by atomic mass is 32.2. The minimum absolute atomic E-state index is 0.156. The molecular formula is C26H36N2O2S. The molecule has 1 aromatic heterocycles. The Labute approximate surface area is 191 Å². The standard InChI is InChI=1S/C26H36N2O2S/c1-18(2)30-17-26(11-12-26)31-27-13-5-6-21(20-8-9-20)15-22-16-28(4)25(29)24-14-19(3)7-10-23(22)24/h5-7,10,13,16,18-20,27H,8-9,11-12,14-15,17H2,1-4H3/b13-5?,21-6+. The van der Waals surface area contributed by atoms with Crippen molar-refractivity contribution >= 4 is 18.0 Å². The van der Waals surface area contributed by atoms with E-state index in [1.165, 1.54) is 36.8 Å². The number of rotatable bonds is 10. The topological polar surface area (TPSA) is 43.3 Å². The van der Waals surface area contributed by atoms with Crippen LogP contribution in [0.25, 0.3) is 6.08 Å². The van der Waals surface area contributed by atoms with Crippen LogP contribution in [0.4, 0.5) is 0 Å². The molecule has 0 bridgehead atoms. The van der Waals surface area contributed by atoms with Crippen LogP contribution >= 0.6 is 11.9 Å². The van der Waals surface area contributed by atoms with E-state index < -0.39 is 0 Å². The van der Waals surface area contributed by atoms with Gasteiger partial charge in [0.05, 0.1) is 17.5 Å². The first-order valence-corrected chi connectivity index (χ1v) is 12.5. The summed E-state index contributed by atoms with van der Waals surface area (Å²) in [4.78, 5) is 12.6. The second-order valence-corrected chi connectivity index (χ2v) is 11.1. The van der Waals surface area contributed by atoms with Crippen LogP contribution in [0.1, 0.15) is 63.1 Å². The van der Waals surface area contributed by atoms with Crippen LogP contribution in [0.15, 0.2) is 41.0 Å². The van der Waals surface area contributed by atoms with E-state index in [4.69, 9.17) is 4.74 Å². The second-order valence-electron chi connectivity index (χ2n) is 9.82. The summed E-state index contributed by atoms with van der Waals surface area (Å²) in [6.45, 7) is 7.19. The Kier molecular flexibility index (Phi) is 6.83. The summed E-state index contributed by atoms with van der Waals surface area (Å²) in [5.74, 6) is 1.12. The molecule has 168 valence electrons. The van der Waals surface area contributed by atoms with Gasteiger partial charge in [-0.3, -0.25) is 4.79 Å². The minimum atomic E-state index is 0.156. The van der Waals surface area contributed by atoms with Gasteiger partial charge in [-0.05, 0) is 93.4 Å². The molecule has 2 fully saturated rings. The van der Waals surface area contributed by atoms with Crippen molar-refractivity contribution in [3.63, 3.8) is 0 Å². The zero-order chi connectivity index (χ0) is 22.0. The third-order valence-electron chi connectivity index (χ3n) is 6.45. The van der Waals surface area contributed by atoms with Gasteiger partial charge in [0.2, 0.25) is 0 Å². The maximum atomic E-state index is 12.6. The van der Waals surface area contributed by atoms with E-state index >= 15 is 0 Å². The van der Waals surface area contributed by atoms with Crippen molar-refractivity contribution in [2.75, 3.05) is 6.61 Å². The van der Waals surface area contributed by atoms with E-state index in [1.54, 1.807) is 16.5 Å². The van der Waals surface area contributed by atoms with E-state index in [2.05, 4.69) is 56.0 Å². The number of fused-ring (bicyclic) bond motifs is 1. The van der Waals surface area contributed by atoms with Gasteiger partial charge in [-0.1, -0.05) is 30.7 Å². The molecule has 3 aliphatic rings. The van der Waals surface area contributed by atoms with Crippen molar-refractivity contribution in [2.24, 2.45) is 18.9 Å². The van der Waals surface area contributed by atoms with Gasteiger partial charge in [0.25, 0.3) is 5.56 Å². The molecule has 31 heavy (non-hydrogen) atoms. The maximum Gasteiger partial charge on any atom is 0.254 e. The van der Waals surface area contributed by atoms with Crippen molar-refractivity contribution in [3.8, 4) is 0 Å². The summed E-state index contributed by atoms with van der Waals surface area (Å²) in [5, 5.41) is 0. The van der Waals surface area contributed by atoms with Crippen LogP contribution in [-0.4, -0.2) is 22.0 Å². The fourth-order valence-electron chi connectivity index (χ4n) is 4.20. The first-order valence-electron chi connectivity index (χ1n) is 11.7. The number of nitrogens with zero attached hydrogens (tertiary/aromatic N) is 1. The summed E-state index contributed by atoms with van der Waals surface area (Å²) in [6, 6.07) is 0. The summed E-state index contributed by atoms with van der Waals surface area (Å²) in [5.41, 5.74) is 5.05. The zero-order valence-corrected chi connectivity index (χ0v) is 20.1. The van der Waals surface area contributed by atoms with Crippen molar-refractivity contribution in [1.29, 1.82) is 0 Å². The largest absolute Gasteiger partial charge is 0.377 e. The molecule has 0 aliphatic heterocycles. The highest BCUT2D eigenvalue weighted by Crippen LogP contribution is 2.47. The smallest absolute Gasteiger partial charge is 0.254 e. The summed E-state index contributed by atoms with van der Waals surface area (Å²) >= 11 is 1.80. The molecule has 1 N–H and O–H groups in total. The van der Waals surface area contributed by atoms with Crippen molar-refractivity contribution in [2.45, 2.75) is 70.1 Å². The third kappa shape index (κ3) is 5.75. The highest BCUT2D eigenvalue weighted by Gasteiger charge is 2.44. The summed E-state index contributed by atoms with van der Waals surface area (Å²) < 4.78 is 11.3. The van der Waals surface area contributed by atoms with E-state index in [-0.39, 0.29) is 10.3 Å². The second kappa shape index (κ2) is 9.41. The molecular weight excluding hydrogens is 404 g/mol. The molecule has 5 heteroatoms. The van der Waals surface area contributed by atoms with Gasteiger partial charge in [-0.2, -0.15) is 0 Å². The Hall–Kier alpha value is -1.72. The van der Waals surface area contributed by atoms with E-state index in [1.807, 2.05) is 13.2 Å². The van der Waals surface area contributed by atoms with E-state index in [9.17, 15) is 4.79 Å². The van der Waals surface area contributed by atoms with Crippen molar-refractivity contribution < 1.29 is 4.74 Å². The molecule has 0 saturated heterocycles. The number of hydrogen-bond donors (Lipinski definition) is 1. The number of hydrogen-bond acceptors (Lipinski definition) is 4. The van der Waals surface area contributed by atoms with Crippen LogP contribution in [0.2, 0.25) is 0 Å². The molecule has 0 radical (unpaired) electrons. The van der Waals surface area contributed by atoms with Crippen LogP contribution < -0.4 is 10.3 Å². The van der Waals surface area contributed by atoms with E-state index in [0.717, 1.165) is 30.6 Å². The van der Waals surface area contributed by atoms with Crippen molar-refractivity contribution in [1.82, 2.24) is 9.29 Å². The molecule has 2 saturated carbocycles. The lowest BCUT2D eigenvalue weighted by Gasteiger charge is -2.20. The van der Waals surface area contributed by atoms with Crippen LogP contribution in [0.5, 0.6) is 0 Å². The Morgan fingerprint density at radius 3 is 2.84 bits per heavy atom. The molecule has 1 aromatic rings. The van der Waals surface area contributed by atoms with Crippen molar-refractivity contribution in [3.05, 3.63) is 63.2 Å². The molecule has 0 aromatic carbocycles. The Bertz CT molecular complexity index is 949. The predicted molar refractivity (Wildman–Crippen MR) is 131 cm³/mol. The first-order chi connectivity index (χ1) is 14.9. The molecule has 0 amide bonds. The quantitative estimate of drug-likeness (QED) is 0.402. The average molecular weight is 441 g/mol. The lowest BCUT2D eigenvalue weighted by atomic mass is 9.87. The monoisotopic (exact) mass is 440 g/mol. The Morgan fingerprint density at radius 1 is 1.39 bits per heavy atom. The SMILES string of the molecule is CC1C=Cc2c(C/C(=C\C=CNSC3(COC(C)C)CC3)C3CC3)cn(C)c(=O)c2C1. The number of allylic oxidation sites excluding steroid dienone is 4. The number of ether oxygens (including phenoxy) is 1. The van der Waals surface area contributed by atoms with Gasteiger partial charge in [-0.15, -0.1) is 0 Å². The van der Waals surface area contributed by atoms with Gasteiger partial charge < -0.3 is 14.0 Å². The summed E-state index contributed by atoms with van der Waals surface area (Å²) in [6.07, 6.45) is 20.0. The minimum Gasteiger partial charge on any atom is -0.377 e.